The molecule has 3 rings (SSSR count). The topological polar surface area (TPSA) is 81.5 Å². The monoisotopic (exact) mass is 437 g/mol. The minimum atomic E-state index is -3.56. The molecule has 0 radical (unpaired) electrons. The Morgan fingerprint density at radius 2 is 1.79 bits per heavy atom. The molecular weight excluding hydrogens is 418 g/mol. The molecule has 0 unspecified atom stereocenters. The summed E-state index contributed by atoms with van der Waals surface area (Å²) in [6.07, 6.45) is 0. The number of benzene rings is 1. The van der Waals surface area contributed by atoms with Gasteiger partial charge in [0.25, 0.3) is 0 Å². The van der Waals surface area contributed by atoms with Crippen molar-refractivity contribution < 1.29 is 13.2 Å². The highest BCUT2D eigenvalue weighted by atomic mass is 35.5. The molecular formula is C19H20ClN3O3S2. The van der Waals surface area contributed by atoms with E-state index in [2.05, 4.69) is 4.90 Å². The quantitative estimate of drug-likeness (QED) is 0.693. The second-order valence-corrected chi connectivity index (χ2v) is 10.6. The van der Waals surface area contributed by atoms with Crippen LogP contribution in [0.5, 0.6) is 0 Å². The van der Waals surface area contributed by atoms with Gasteiger partial charge in [0.2, 0.25) is 5.91 Å². The van der Waals surface area contributed by atoms with Crippen LogP contribution >= 0.6 is 22.9 Å². The Labute approximate surface area is 173 Å². The van der Waals surface area contributed by atoms with Gasteiger partial charge >= 0.3 is 0 Å². The van der Waals surface area contributed by atoms with Crippen molar-refractivity contribution in [3.8, 4) is 6.07 Å². The molecule has 0 saturated carbocycles. The molecule has 0 atom stereocenters. The molecule has 0 N–H and O–H groups in total. The lowest BCUT2D eigenvalue weighted by Gasteiger charge is -2.34. The van der Waals surface area contributed by atoms with E-state index in [1.54, 1.807) is 40.5 Å². The largest absolute Gasteiger partial charge is 0.339 e. The van der Waals surface area contributed by atoms with Crippen LogP contribution in [0.2, 0.25) is 4.34 Å². The van der Waals surface area contributed by atoms with Crippen LogP contribution in [0.15, 0.2) is 36.4 Å². The van der Waals surface area contributed by atoms with Crippen molar-refractivity contribution in [1.82, 2.24) is 9.80 Å². The predicted molar refractivity (Wildman–Crippen MR) is 110 cm³/mol. The highest BCUT2D eigenvalue weighted by Gasteiger charge is 2.25. The smallest absolute Gasteiger partial charge is 0.237 e. The number of sulfone groups is 1. The number of amides is 1. The molecule has 2 heterocycles. The Morgan fingerprint density at radius 1 is 1.11 bits per heavy atom. The Bertz CT molecular complexity index is 973. The van der Waals surface area contributed by atoms with Crippen LogP contribution in [0.25, 0.3) is 0 Å². The first-order valence-corrected chi connectivity index (χ1v) is 11.8. The molecule has 6 nitrogen and oxygen atoms in total. The maximum atomic E-state index is 12.4. The van der Waals surface area contributed by atoms with E-state index in [1.165, 1.54) is 4.88 Å². The highest BCUT2D eigenvalue weighted by molar-refractivity contribution is 7.91. The van der Waals surface area contributed by atoms with E-state index in [-0.39, 0.29) is 11.7 Å². The number of carbonyl (C=O) groups is 1. The van der Waals surface area contributed by atoms with Gasteiger partial charge in [0.15, 0.2) is 9.84 Å². The van der Waals surface area contributed by atoms with E-state index in [4.69, 9.17) is 16.9 Å². The van der Waals surface area contributed by atoms with Gasteiger partial charge in [-0.05, 0) is 29.8 Å². The summed E-state index contributed by atoms with van der Waals surface area (Å²) in [6, 6.07) is 12.2. The second kappa shape index (κ2) is 9.05. The van der Waals surface area contributed by atoms with E-state index >= 15 is 0 Å². The van der Waals surface area contributed by atoms with Crippen LogP contribution in [0.1, 0.15) is 16.0 Å². The third-order valence-corrected chi connectivity index (χ3v) is 7.22. The van der Waals surface area contributed by atoms with Crippen LogP contribution in [-0.4, -0.2) is 56.1 Å². The second-order valence-electron chi connectivity index (χ2n) is 6.70. The SMILES string of the molecule is N#Cc1ccc(CS(=O)(=O)CC(=O)N2CCN(Cc3ccc(Cl)s3)CC2)cc1. The van der Waals surface area contributed by atoms with Crippen molar-refractivity contribution in [1.29, 1.82) is 5.26 Å². The van der Waals surface area contributed by atoms with Gasteiger partial charge in [0.05, 0.1) is 21.7 Å². The zero-order valence-corrected chi connectivity index (χ0v) is 17.6. The number of piperazine rings is 1. The number of rotatable bonds is 6. The molecule has 0 bridgehead atoms. The van der Waals surface area contributed by atoms with E-state index < -0.39 is 15.6 Å². The Morgan fingerprint density at radius 3 is 2.36 bits per heavy atom. The van der Waals surface area contributed by atoms with Gasteiger partial charge in [0, 0.05) is 37.6 Å². The fourth-order valence-electron chi connectivity index (χ4n) is 3.07. The third kappa shape index (κ3) is 5.79. The van der Waals surface area contributed by atoms with Crippen LogP contribution in [0.4, 0.5) is 0 Å². The summed E-state index contributed by atoms with van der Waals surface area (Å²) in [5, 5.41) is 8.80. The number of nitrogens with zero attached hydrogens (tertiary/aromatic N) is 3. The van der Waals surface area contributed by atoms with Gasteiger partial charge in [-0.15, -0.1) is 11.3 Å². The van der Waals surface area contributed by atoms with Gasteiger partial charge in [0.1, 0.15) is 5.75 Å². The lowest BCUT2D eigenvalue weighted by Crippen LogP contribution is -2.49. The molecule has 1 aromatic heterocycles. The van der Waals surface area contributed by atoms with Gasteiger partial charge in [-0.25, -0.2) is 8.42 Å². The van der Waals surface area contributed by atoms with Gasteiger partial charge in [-0.3, -0.25) is 9.69 Å². The standard InChI is InChI=1S/C19H20ClN3O3S2/c20-18-6-5-17(27-18)12-22-7-9-23(10-8-22)19(24)14-28(25,26)13-16-3-1-15(11-21)2-4-16/h1-6H,7-10,12-14H2. The summed E-state index contributed by atoms with van der Waals surface area (Å²) < 4.78 is 25.5. The molecule has 1 aliphatic heterocycles. The molecule has 1 fully saturated rings. The Hall–Kier alpha value is -1.92. The van der Waals surface area contributed by atoms with Crippen LogP contribution in [0.3, 0.4) is 0 Å². The fourth-order valence-corrected chi connectivity index (χ4v) is 5.56. The average molecular weight is 438 g/mol. The van der Waals surface area contributed by atoms with E-state index in [1.807, 2.05) is 18.2 Å². The maximum Gasteiger partial charge on any atom is 0.237 e. The van der Waals surface area contributed by atoms with Crippen molar-refractivity contribution in [3.63, 3.8) is 0 Å². The molecule has 0 spiro atoms. The van der Waals surface area contributed by atoms with E-state index in [0.717, 1.165) is 10.9 Å². The summed E-state index contributed by atoms with van der Waals surface area (Å²) in [6.45, 7) is 3.24. The lowest BCUT2D eigenvalue weighted by molar-refractivity contribution is -0.130. The number of carbonyl (C=O) groups excluding carboxylic acids is 1. The summed E-state index contributed by atoms with van der Waals surface area (Å²) in [7, 11) is -3.56. The summed E-state index contributed by atoms with van der Waals surface area (Å²) >= 11 is 7.50. The zero-order valence-electron chi connectivity index (χ0n) is 15.2. The molecule has 1 aromatic carbocycles. The number of halogens is 1. The van der Waals surface area contributed by atoms with Gasteiger partial charge in [-0.1, -0.05) is 23.7 Å². The molecule has 1 saturated heterocycles. The van der Waals surface area contributed by atoms with Gasteiger partial charge in [-0.2, -0.15) is 5.26 Å². The highest BCUT2D eigenvalue weighted by Crippen LogP contribution is 2.23. The van der Waals surface area contributed by atoms with Crippen LogP contribution in [0, 0.1) is 11.3 Å². The third-order valence-electron chi connectivity index (χ3n) is 4.55. The first-order valence-electron chi connectivity index (χ1n) is 8.78. The average Bonchev–Trinajstić information content (AvgIpc) is 3.07. The summed E-state index contributed by atoms with van der Waals surface area (Å²) in [4.78, 5) is 17.5. The maximum absolute atomic E-state index is 12.4. The van der Waals surface area contributed by atoms with Crippen molar-refractivity contribution in [2.75, 3.05) is 31.9 Å². The van der Waals surface area contributed by atoms with E-state index in [9.17, 15) is 13.2 Å². The number of hydrogen-bond donors (Lipinski definition) is 0. The van der Waals surface area contributed by atoms with Crippen molar-refractivity contribution in [2.24, 2.45) is 0 Å². The first-order chi connectivity index (χ1) is 13.3. The molecule has 0 aliphatic carbocycles. The molecule has 1 aliphatic rings. The van der Waals surface area contributed by atoms with Crippen molar-refractivity contribution in [2.45, 2.75) is 12.3 Å². The van der Waals surface area contributed by atoms with Crippen LogP contribution < -0.4 is 0 Å². The zero-order chi connectivity index (χ0) is 20.1. The van der Waals surface area contributed by atoms with Crippen molar-refractivity contribution >= 4 is 38.7 Å². The lowest BCUT2D eigenvalue weighted by atomic mass is 10.2. The first kappa shape index (κ1) is 20.8. The Balaban J connectivity index is 1.49. The molecule has 2 aromatic rings. The molecule has 1 amide bonds. The molecule has 28 heavy (non-hydrogen) atoms. The minimum Gasteiger partial charge on any atom is -0.339 e. The van der Waals surface area contributed by atoms with Crippen LogP contribution in [-0.2, 0) is 26.9 Å². The van der Waals surface area contributed by atoms with E-state index in [0.29, 0.717) is 37.3 Å². The number of hydrogen-bond acceptors (Lipinski definition) is 6. The number of nitriles is 1. The normalized spacial score (nSPS) is 15.4. The molecule has 9 heteroatoms. The van der Waals surface area contributed by atoms with Crippen molar-refractivity contribution in [3.05, 3.63) is 56.7 Å². The Kier molecular flexibility index (Phi) is 6.73. The summed E-state index contributed by atoms with van der Waals surface area (Å²) in [5.74, 6) is -1.05. The summed E-state index contributed by atoms with van der Waals surface area (Å²) in [5.41, 5.74) is 1.05. The van der Waals surface area contributed by atoms with Gasteiger partial charge < -0.3 is 4.90 Å². The predicted octanol–water partition coefficient (Wildman–Crippen LogP) is 2.53. The molecule has 148 valence electrons. The fraction of sp³-hybridized carbons (Fsp3) is 0.368. The number of thiophene rings is 1. The minimum absolute atomic E-state index is 0.205.